The number of benzene rings is 1. The number of nitrogens with one attached hydrogen (secondary N) is 1. The minimum atomic E-state index is -2.80. The molecule has 44 heavy (non-hydrogen) atoms. The van der Waals surface area contributed by atoms with E-state index in [1.54, 1.807) is 30.3 Å². The quantitative estimate of drug-likeness (QED) is 0.352. The summed E-state index contributed by atoms with van der Waals surface area (Å²) in [6.07, 6.45) is 1.98. The number of aromatic nitrogens is 4. The number of amides is 1. The number of ether oxygens (including phenoxy) is 3. The van der Waals surface area contributed by atoms with Gasteiger partial charge in [0.05, 0.1) is 43.5 Å². The van der Waals surface area contributed by atoms with Crippen molar-refractivity contribution in [2.75, 3.05) is 57.6 Å². The molecule has 3 aliphatic rings. The van der Waals surface area contributed by atoms with E-state index in [1.807, 2.05) is 4.90 Å². The van der Waals surface area contributed by atoms with E-state index in [2.05, 4.69) is 20.3 Å². The number of carbonyl (C=O) groups excluding carboxylic acids is 1. The zero-order valence-electron chi connectivity index (χ0n) is 24.7. The highest BCUT2D eigenvalue weighted by Crippen LogP contribution is 2.32. The number of carbonyl (C=O) groups is 1. The van der Waals surface area contributed by atoms with Gasteiger partial charge in [0.1, 0.15) is 5.82 Å². The summed E-state index contributed by atoms with van der Waals surface area (Å²) in [6.45, 7) is 3.84. The maximum Gasteiger partial charge on any atom is 0.296 e. The van der Waals surface area contributed by atoms with Crippen LogP contribution >= 0.6 is 0 Å². The van der Waals surface area contributed by atoms with Crippen LogP contribution in [0.4, 0.5) is 14.7 Å². The van der Waals surface area contributed by atoms with E-state index < -0.39 is 6.43 Å². The van der Waals surface area contributed by atoms with Gasteiger partial charge in [0.25, 0.3) is 6.43 Å². The Morgan fingerprint density at radius 2 is 1.73 bits per heavy atom. The van der Waals surface area contributed by atoms with Crippen molar-refractivity contribution in [2.45, 2.75) is 51.0 Å². The van der Waals surface area contributed by atoms with Crippen molar-refractivity contribution in [3.05, 3.63) is 36.2 Å². The SMILES string of the molecule is O=C(NC(CO)C1CCOCC1)C1CCC(COc2cc(-n3c(C(F)F)nc4ccccc43)nc(N3CCOCC3)n2)CC1. The standard InChI is InChI=1S/C31H40F2N6O5/c32-28(33)29-34-23-3-1-2-4-25(23)39(29)26-17-27(37-31(36-26)38-11-15-43-16-12-38)44-19-20-5-7-22(8-6-20)30(41)35-24(18-40)21-9-13-42-14-10-21/h1-4,17,20-22,24,28,40H,5-16,18-19H2,(H,35,41). The molecule has 0 spiro atoms. The smallest absolute Gasteiger partial charge is 0.296 e. The summed E-state index contributed by atoms with van der Waals surface area (Å²) in [5.74, 6) is 0.941. The molecule has 2 aromatic heterocycles. The topological polar surface area (TPSA) is 124 Å². The number of anilines is 1. The van der Waals surface area contributed by atoms with Gasteiger partial charge in [0, 0.05) is 38.3 Å². The Morgan fingerprint density at radius 1 is 1.00 bits per heavy atom. The average Bonchev–Trinajstić information content (AvgIpc) is 3.47. The Bertz CT molecular complexity index is 1400. The molecule has 2 N–H and O–H groups in total. The van der Waals surface area contributed by atoms with Crippen molar-refractivity contribution < 1.29 is 32.9 Å². The van der Waals surface area contributed by atoms with Gasteiger partial charge in [-0.1, -0.05) is 12.1 Å². The predicted octanol–water partition coefficient (Wildman–Crippen LogP) is 3.68. The minimum absolute atomic E-state index is 0.00731. The molecule has 4 heterocycles. The molecule has 238 valence electrons. The number of morpholine rings is 1. The molecule has 1 amide bonds. The fraction of sp³-hybridized carbons (Fsp3) is 0.613. The van der Waals surface area contributed by atoms with Crippen LogP contribution in [0.25, 0.3) is 16.9 Å². The Morgan fingerprint density at radius 3 is 2.45 bits per heavy atom. The van der Waals surface area contributed by atoms with E-state index in [-0.39, 0.29) is 48.0 Å². The highest BCUT2D eigenvalue weighted by Gasteiger charge is 2.31. The van der Waals surface area contributed by atoms with Crippen molar-refractivity contribution in [2.24, 2.45) is 17.8 Å². The second kappa shape index (κ2) is 14.1. The highest BCUT2D eigenvalue weighted by molar-refractivity contribution is 5.79. The van der Waals surface area contributed by atoms with Gasteiger partial charge in [-0.2, -0.15) is 9.97 Å². The maximum atomic E-state index is 14.1. The van der Waals surface area contributed by atoms with Crippen molar-refractivity contribution in [3.8, 4) is 11.7 Å². The number of aliphatic hydroxyl groups excluding tert-OH is 1. The monoisotopic (exact) mass is 614 g/mol. The normalized spacial score (nSPS) is 22.3. The highest BCUT2D eigenvalue weighted by atomic mass is 19.3. The molecule has 2 aliphatic heterocycles. The van der Waals surface area contributed by atoms with Crippen LogP contribution in [0.2, 0.25) is 0 Å². The number of hydrogen-bond donors (Lipinski definition) is 2. The number of hydrogen-bond acceptors (Lipinski definition) is 9. The summed E-state index contributed by atoms with van der Waals surface area (Å²) in [5.41, 5.74) is 0.980. The minimum Gasteiger partial charge on any atom is -0.477 e. The molecule has 1 aliphatic carbocycles. The van der Waals surface area contributed by atoms with Gasteiger partial charge in [0.2, 0.25) is 17.7 Å². The van der Waals surface area contributed by atoms with Gasteiger partial charge in [0.15, 0.2) is 5.82 Å². The molecule has 13 heteroatoms. The molecule has 1 atom stereocenters. The maximum absolute atomic E-state index is 14.1. The van der Waals surface area contributed by atoms with E-state index >= 15 is 0 Å². The number of rotatable bonds is 10. The summed E-state index contributed by atoms with van der Waals surface area (Å²) >= 11 is 0. The third kappa shape index (κ3) is 6.94. The molecule has 3 fully saturated rings. The Labute approximate surface area is 254 Å². The summed E-state index contributed by atoms with van der Waals surface area (Å²) in [5, 5.41) is 13.0. The first-order valence-electron chi connectivity index (χ1n) is 15.6. The first-order valence-corrected chi connectivity index (χ1v) is 15.6. The van der Waals surface area contributed by atoms with E-state index in [9.17, 15) is 18.7 Å². The van der Waals surface area contributed by atoms with Crippen LogP contribution in [0.3, 0.4) is 0 Å². The molecule has 11 nitrogen and oxygen atoms in total. The lowest BCUT2D eigenvalue weighted by molar-refractivity contribution is -0.128. The van der Waals surface area contributed by atoms with Crippen LogP contribution in [0, 0.1) is 17.8 Å². The number of nitrogens with zero attached hydrogens (tertiary/aromatic N) is 5. The lowest BCUT2D eigenvalue weighted by Crippen LogP contribution is -2.47. The zero-order valence-corrected chi connectivity index (χ0v) is 24.7. The van der Waals surface area contributed by atoms with Crippen LogP contribution < -0.4 is 15.0 Å². The van der Waals surface area contributed by atoms with Crippen LogP contribution in [0.1, 0.15) is 50.8 Å². The van der Waals surface area contributed by atoms with Crippen LogP contribution in [-0.4, -0.2) is 89.3 Å². The zero-order chi connectivity index (χ0) is 30.5. The molecule has 1 aromatic carbocycles. The van der Waals surface area contributed by atoms with E-state index in [4.69, 9.17) is 14.2 Å². The third-order valence-corrected chi connectivity index (χ3v) is 9.03. The number of fused-ring (bicyclic) bond motifs is 1. The van der Waals surface area contributed by atoms with Gasteiger partial charge < -0.3 is 29.5 Å². The number of alkyl halides is 2. The Balaban J connectivity index is 1.14. The molecule has 0 radical (unpaired) electrons. The second-order valence-electron chi connectivity index (χ2n) is 11.8. The summed E-state index contributed by atoms with van der Waals surface area (Å²) < 4.78 is 46.8. The summed E-state index contributed by atoms with van der Waals surface area (Å²) in [4.78, 5) is 28.5. The van der Waals surface area contributed by atoms with Crippen molar-refractivity contribution >= 4 is 22.9 Å². The molecule has 0 bridgehead atoms. The van der Waals surface area contributed by atoms with Crippen molar-refractivity contribution in [3.63, 3.8) is 0 Å². The van der Waals surface area contributed by atoms with E-state index in [0.717, 1.165) is 38.5 Å². The van der Waals surface area contributed by atoms with E-state index in [1.165, 1.54) is 4.57 Å². The molecule has 2 saturated heterocycles. The van der Waals surface area contributed by atoms with Gasteiger partial charge in [-0.3, -0.25) is 9.36 Å². The summed E-state index contributed by atoms with van der Waals surface area (Å²) in [7, 11) is 0. The Kier molecular flexibility index (Phi) is 9.82. The largest absolute Gasteiger partial charge is 0.477 e. The number of imidazole rings is 1. The molecule has 1 unspecified atom stereocenters. The number of halogens is 2. The molecule has 3 aromatic rings. The molecule has 6 rings (SSSR count). The van der Waals surface area contributed by atoms with Gasteiger partial charge >= 0.3 is 0 Å². The van der Waals surface area contributed by atoms with Gasteiger partial charge in [-0.05, 0) is 62.5 Å². The van der Waals surface area contributed by atoms with Gasteiger partial charge in [-0.25, -0.2) is 13.8 Å². The predicted molar refractivity (Wildman–Crippen MR) is 158 cm³/mol. The first kappa shape index (κ1) is 30.6. The average molecular weight is 615 g/mol. The lowest BCUT2D eigenvalue weighted by Gasteiger charge is -2.32. The fourth-order valence-electron chi connectivity index (χ4n) is 6.45. The third-order valence-electron chi connectivity index (χ3n) is 9.03. The van der Waals surface area contributed by atoms with Crippen LogP contribution in [0.5, 0.6) is 5.88 Å². The van der Waals surface area contributed by atoms with Crippen LogP contribution in [-0.2, 0) is 14.3 Å². The Hall–Kier alpha value is -3.42. The molecular formula is C31H40F2N6O5. The van der Waals surface area contributed by atoms with Crippen molar-refractivity contribution in [1.29, 1.82) is 0 Å². The number of para-hydroxylation sites is 2. The fourth-order valence-corrected chi connectivity index (χ4v) is 6.45. The van der Waals surface area contributed by atoms with Crippen LogP contribution in [0.15, 0.2) is 30.3 Å². The van der Waals surface area contributed by atoms with Gasteiger partial charge in [-0.15, -0.1) is 0 Å². The molecule has 1 saturated carbocycles. The van der Waals surface area contributed by atoms with Crippen molar-refractivity contribution in [1.82, 2.24) is 24.8 Å². The summed E-state index contributed by atoms with van der Waals surface area (Å²) in [6, 6.07) is 8.34. The number of aliphatic hydroxyl groups is 1. The van der Waals surface area contributed by atoms with E-state index in [0.29, 0.717) is 69.0 Å². The molecular weight excluding hydrogens is 574 g/mol. The lowest BCUT2D eigenvalue weighted by atomic mass is 9.81. The second-order valence-corrected chi connectivity index (χ2v) is 11.8. The first-order chi connectivity index (χ1) is 21.5.